The van der Waals surface area contributed by atoms with Crippen molar-refractivity contribution < 1.29 is 4.74 Å². The van der Waals surface area contributed by atoms with Gasteiger partial charge in [-0.05, 0) is 19.1 Å². The van der Waals surface area contributed by atoms with E-state index in [9.17, 15) is 0 Å². The van der Waals surface area contributed by atoms with Gasteiger partial charge in [0.05, 0.1) is 11.6 Å². The Morgan fingerprint density at radius 3 is 2.69 bits per heavy atom. The van der Waals surface area contributed by atoms with E-state index in [0.29, 0.717) is 17.5 Å². The minimum Gasteiger partial charge on any atom is -0.478 e. The van der Waals surface area contributed by atoms with Crippen LogP contribution in [-0.4, -0.2) is 16.6 Å². The number of hydrogen-bond acceptors (Lipinski definition) is 3. The Balaban J connectivity index is 2.27. The van der Waals surface area contributed by atoms with Gasteiger partial charge in [-0.3, -0.25) is 4.98 Å². The fraction of sp³-hybridized carbons (Fsp3) is 0.167. The molecule has 0 aromatic carbocycles. The molecule has 0 aliphatic rings. The fourth-order valence-electron chi connectivity index (χ4n) is 1.35. The molecule has 0 atom stereocenters. The zero-order valence-electron chi connectivity index (χ0n) is 8.85. The number of ether oxygens (including phenoxy) is 1. The molecule has 2 heterocycles. The molecule has 2 aromatic heterocycles. The van der Waals surface area contributed by atoms with Gasteiger partial charge in [0, 0.05) is 35.8 Å². The molecule has 0 bridgehead atoms. The summed E-state index contributed by atoms with van der Waals surface area (Å²) in [6.45, 7) is 2.54. The van der Waals surface area contributed by atoms with E-state index in [1.54, 1.807) is 18.6 Å². The molecule has 0 N–H and O–H groups in total. The maximum absolute atomic E-state index is 5.87. The van der Waals surface area contributed by atoms with Crippen LogP contribution in [0.4, 0.5) is 0 Å². The lowest BCUT2D eigenvalue weighted by Crippen LogP contribution is -1.93. The molecule has 0 radical (unpaired) electrons. The molecule has 16 heavy (non-hydrogen) atoms. The molecule has 0 spiro atoms. The lowest BCUT2D eigenvalue weighted by Gasteiger charge is -2.04. The molecule has 0 unspecified atom stereocenters. The van der Waals surface area contributed by atoms with E-state index in [2.05, 4.69) is 9.97 Å². The van der Waals surface area contributed by atoms with Crippen LogP contribution < -0.4 is 4.74 Å². The van der Waals surface area contributed by atoms with Gasteiger partial charge in [0.15, 0.2) is 0 Å². The van der Waals surface area contributed by atoms with Crippen molar-refractivity contribution in [2.75, 3.05) is 6.61 Å². The topological polar surface area (TPSA) is 35.0 Å². The van der Waals surface area contributed by atoms with Gasteiger partial charge in [0.25, 0.3) is 0 Å². The van der Waals surface area contributed by atoms with Crippen LogP contribution in [0, 0.1) is 0 Å². The molecule has 2 rings (SSSR count). The van der Waals surface area contributed by atoms with Crippen molar-refractivity contribution in [3.63, 3.8) is 0 Å². The summed E-state index contributed by atoms with van der Waals surface area (Å²) in [5.41, 5.74) is 1.92. The SMILES string of the molecule is CCOc1ccc(-c2cncc(Cl)c2)cn1. The number of aromatic nitrogens is 2. The van der Waals surface area contributed by atoms with Crippen LogP contribution in [0.5, 0.6) is 5.88 Å². The number of halogens is 1. The smallest absolute Gasteiger partial charge is 0.213 e. The van der Waals surface area contributed by atoms with Gasteiger partial charge in [-0.15, -0.1) is 0 Å². The predicted molar refractivity (Wildman–Crippen MR) is 63.6 cm³/mol. The van der Waals surface area contributed by atoms with E-state index < -0.39 is 0 Å². The Morgan fingerprint density at radius 1 is 1.19 bits per heavy atom. The lowest BCUT2D eigenvalue weighted by atomic mass is 10.1. The van der Waals surface area contributed by atoms with Crippen LogP contribution >= 0.6 is 11.6 Å². The number of rotatable bonds is 3. The molecule has 0 saturated carbocycles. The van der Waals surface area contributed by atoms with E-state index in [1.165, 1.54) is 0 Å². The van der Waals surface area contributed by atoms with E-state index in [1.807, 2.05) is 25.1 Å². The standard InChI is InChI=1S/C12H11ClN2O/c1-2-16-12-4-3-9(7-15-12)10-5-11(13)8-14-6-10/h3-8H,2H2,1H3. The predicted octanol–water partition coefficient (Wildman–Crippen LogP) is 3.20. The normalized spacial score (nSPS) is 10.1. The average molecular weight is 235 g/mol. The summed E-state index contributed by atoms with van der Waals surface area (Å²) in [6.07, 6.45) is 5.11. The second kappa shape index (κ2) is 4.94. The third-order valence-corrected chi connectivity index (χ3v) is 2.27. The Morgan fingerprint density at radius 2 is 2.06 bits per heavy atom. The number of nitrogens with zero attached hydrogens (tertiary/aromatic N) is 2. The molecular formula is C12H11ClN2O. The Hall–Kier alpha value is -1.61. The van der Waals surface area contributed by atoms with Crippen molar-refractivity contribution in [2.45, 2.75) is 6.92 Å². The Bertz CT molecular complexity index is 471. The fourth-order valence-corrected chi connectivity index (χ4v) is 1.53. The average Bonchev–Trinajstić information content (AvgIpc) is 2.30. The molecule has 0 aliphatic carbocycles. The van der Waals surface area contributed by atoms with Crippen LogP contribution in [0.3, 0.4) is 0 Å². The first-order chi connectivity index (χ1) is 7.79. The summed E-state index contributed by atoms with van der Waals surface area (Å²) in [6, 6.07) is 5.62. The van der Waals surface area contributed by atoms with Crippen LogP contribution in [0.15, 0.2) is 36.8 Å². The van der Waals surface area contributed by atoms with Gasteiger partial charge in [-0.1, -0.05) is 11.6 Å². The number of hydrogen-bond donors (Lipinski definition) is 0. The van der Waals surface area contributed by atoms with Crippen molar-refractivity contribution in [2.24, 2.45) is 0 Å². The first kappa shape index (κ1) is 10.9. The van der Waals surface area contributed by atoms with Gasteiger partial charge in [0.1, 0.15) is 0 Å². The van der Waals surface area contributed by atoms with Crippen molar-refractivity contribution in [1.29, 1.82) is 0 Å². The molecule has 2 aromatic rings. The van der Waals surface area contributed by atoms with Gasteiger partial charge < -0.3 is 4.74 Å². The van der Waals surface area contributed by atoms with Crippen LogP contribution in [0.25, 0.3) is 11.1 Å². The zero-order valence-corrected chi connectivity index (χ0v) is 9.61. The molecule has 3 nitrogen and oxygen atoms in total. The maximum Gasteiger partial charge on any atom is 0.213 e. The first-order valence-corrected chi connectivity index (χ1v) is 5.37. The van der Waals surface area contributed by atoms with Crippen LogP contribution in [0.2, 0.25) is 5.02 Å². The molecule has 82 valence electrons. The number of pyridine rings is 2. The maximum atomic E-state index is 5.87. The van der Waals surface area contributed by atoms with E-state index in [4.69, 9.17) is 16.3 Å². The second-order valence-electron chi connectivity index (χ2n) is 3.21. The van der Waals surface area contributed by atoms with Crippen molar-refractivity contribution in [1.82, 2.24) is 9.97 Å². The highest BCUT2D eigenvalue weighted by atomic mass is 35.5. The van der Waals surface area contributed by atoms with Crippen LogP contribution in [-0.2, 0) is 0 Å². The Kier molecular flexibility index (Phi) is 3.37. The van der Waals surface area contributed by atoms with Crippen molar-refractivity contribution >= 4 is 11.6 Å². The quantitative estimate of drug-likeness (QED) is 0.818. The molecule has 0 aliphatic heterocycles. The monoisotopic (exact) mass is 234 g/mol. The molecule has 0 saturated heterocycles. The van der Waals surface area contributed by atoms with Gasteiger partial charge in [-0.2, -0.15) is 0 Å². The van der Waals surface area contributed by atoms with Crippen molar-refractivity contribution in [3.8, 4) is 17.0 Å². The van der Waals surface area contributed by atoms with Crippen molar-refractivity contribution in [3.05, 3.63) is 41.8 Å². The van der Waals surface area contributed by atoms with Gasteiger partial charge in [-0.25, -0.2) is 4.98 Å². The largest absolute Gasteiger partial charge is 0.478 e. The molecule has 0 amide bonds. The van der Waals surface area contributed by atoms with Crippen LogP contribution in [0.1, 0.15) is 6.92 Å². The Labute approximate surface area is 99.1 Å². The molecular weight excluding hydrogens is 224 g/mol. The minimum absolute atomic E-state index is 0.616. The van der Waals surface area contributed by atoms with E-state index in [-0.39, 0.29) is 0 Å². The first-order valence-electron chi connectivity index (χ1n) is 4.99. The second-order valence-corrected chi connectivity index (χ2v) is 3.65. The van der Waals surface area contributed by atoms with E-state index in [0.717, 1.165) is 11.1 Å². The van der Waals surface area contributed by atoms with Gasteiger partial charge >= 0.3 is 0 Å². The molecule has 4 heteroatoms. The third-order valence-electron chi connectivity index (χ3n) is 2.07. The lowest BCUT2D eigenvalue weighted by molar-refractivity contribution is 0.327. The summed E-state index contributed by atoms with van der Waals surface area (Å²) in [5, 5.41) is 0.617. The highest BCUT2D eigenvalue weighted by Gasteiger charge is 2.00. The van der Waals surface area contributed by atoms with Gasteiger partial charge in [0.2, 0.25) is 5.88 Å². The zero-order chi connectivity index (χ0) is 11.4. The highest BCUT2D eigenvalue weighted by Crippen LogP contribution is 2.21. The summed E-state index contributed by atoms with van der Waals surface area (Å²) in [7, 11) is 0. The summed E-state index contributed by atoms with van der Waals surface area (Å²) in [5.74, 6) is 0.626. The highest BCUT2D eigenvalue weighted by molar-refractivity contribution is 6.30. The molecule has 0 fully saturated rings. The summed E-state index contributed by atoms with van der Waals surface area (Å²) in [4.78, 5) is 8.21. The summed E-state index contributed by atoms with van der Waals surface area (Å²) < 4.78 is 5.27. The minimum atomic E-state index is 0.616. The van der Waals surface area contributed by atoms with E-state index >= 15 is 0 Å². The summed E-state index contributed by atoms with van der Waals surface area (Å²) >= 11 is 5.87. The third kappa shape index (κ3) is 2.49.